The van der Waals surface area contributed by atoms with E-state index in [1.54, 1.807) is 18.2 Å². The molecule has 5 nitrogen and oxygen atoms in total. The van der Waals surface area contributed by atoms with Crippen LogP contribution in [0.25, 0.3) is 0 Å². The second-order valence-electron chi connectivity index (χ2n) is 7.97. The van der Waals surface area contributed by atoms with Crippen LogP contribution in [0, 0.1) is 5.41 Å². The van der Waals surface area contributed by atoms with Gasteiger partial charge in [-0.15, -0.1) is 0 Å². The largest absolute Gasteiger partial charge is 0.478 e. The fourth-order valence-corrected chi connectivity index (χ4v) is 4.07. The monoisotopic (exact) mass is 362 g/mol. The van der Waals surface area contributed by atoms with E-state index in [-0.39, 0.29) is 16.8 Å². The van der Waals surface area contributed by atoms with Crippen molar-refractivity contribution in [2.24, 2.45) is 5.41 Å². The van der Waals surface area contributed by atoms with Gasteiger partial charge >= 0.3 is 5.97 Å². The van der Waals surface area contributed by atoms with Gasteiger partial charge in [0.1, 0.15) is 0 Å². The standard InChI is InChI=1S/C22H22N2O3/c1-22(2)11-17-19(18(25)12-22)20(13-7-3-4-8-14(13)21(26)27)24-16-10-6-5-9-15(16)23-17/h3-10,20,23-24H,11-12H2,1-2H3,(H,26,27)/t20-/m1/s1. The average Bonchev–Trinajstić information content (AvgIpc) is 2.76. The summed E-state index contributed by atoms with van der Waals surface area (Å²) < 4.78 is 0. The Bertz CT molecular complexity index is 975. The molecule has 0 spiro atoms. The number of hydrogen-bond acceptors (Lipinski definition) is 4. The van der Waals surface area contributed by atoms with E-state index in [1.807, 2.05) is 30.3 Å². The zero-order valence-electron chi connectivity index (χ0n) is 15.4. The molecule has 1 aliphatic carbocycles. The lowest BCUT2D eigenvalue weighted by molar-refractivity contribution is -0.118. The minimum absolute atomic E-state index is 0.0549. The number of carbonyl (C=O) groups is 2. The molecule has 1 atom stereocenters. The molecule has 4 rings (SSSR count). The number of benzene rings is 2. The van der Waals surface area contributed by atoms with Gasteiger partial charge in [-0.2, -0.15) is 0 Å². The number of aromatic carboxylic acids is 1. The minimum atomic E-state index is -0.997. The number of para-hydroxylation sites is 2. The summed E-state index contributed by atoms with van der Waals surface area (Å²) in [6, 6.07) is 14.1. The van der Waals surface area contributed by atoms with Crippen molar-refractivity contribution in [3.63, 3.8) is 0 Å². The fraction of sp³-hybridized carbons (Fsp3) is 0.273. The third kappa shape index (κ3) is 3.10. The maximum absolute atomic E-state index is 13.1. The van der Waals surface area contributed by atoms with Crippen LogP contribution >= 0.6 is 0 Å². The highest BCUT2D eigenvalue weighted by atomic mass is 16.4. The molecule has 0 amide bonds. The highest BCUT2D eigenvalue weighted by Crippen LogP contribution is 2.45. The van der Waals surface area contributed by atoms with E-state index < -0.39 is 12.0 Å². The Morgan fingerprint density at radius 1 is 1.04 bits per heavy atom. The Balaban J connectivity index is 1.94. The van der Waals surface area contributed by atoms with E-state index in [1.165, 1.54) is 0 Å². The Hall–Kier alpha value is -3.08. The molecule has 0 unspecified atom stereocenters. The summed E-state index contributed by atoms with van der Waals surface area (Å²) in [6.45, 7) is 4.17. The zero-order valence-corrected chi connectivity index (χ0v) is 15.4. The first-order valence-electron chi connectivity index (χ1n) is 9.07. The molecule has 0 saturated carbocycles. The Morgan fingerprint density at radius 2 is 1.70 bits per heavy atom. The third-order valence-electron chi connectivity index (χ3n) is 5.22. The number of allylic oxidation sites excluding steroid dienone is 1. The SMILES string of the molecule is CC1(C)CC(=O)C2=C(C1)Nc1ccccc1N[C@@H]2c1ccccc1C(=O)O. The Labute approximate surface area is 158 Å². The first-order valence-corrected chi connectivity index (χ1v) is 9.07. The fourth-order valence-electron chi connectivity index (χ4n) is 4.07. The summed E-state index contributed by atoms with van der Waals surface area (Å²) >= 11 is 0. The number of nitrogens with one attached hydrogen (secondary N) is 2. The van der Waals surface area contributed by atoms with Crippen LogP contribution in [0.4, 0.5) is 11.4 Å². The van der Waals surface area contributed by atoms with Crippen LogP contribution in [0.1, 0.15) is 48.7 Å². The van der Waals surface area contributed by atoms with Crippen molar-refractivity contribution in [1.82, 2.24) is 0 Å². The smallest absolute Gasteiger partial charge is 0.336 e. The van der Waals surface area contributed by atoms with Crippen molar-refractivity contribution < 1.29 is 14.7 Å². The minimum Gasteiger partial charge on any atom is -0.478 e. The Kier molecular flexibility index (Phi) is 4.02. The highest BCUT2D eigenvalue weighted by molar-refractivity contribution is 6.02. The molecule has 0 saturated heterocycles. The van der Waals surface area contributed by atoms with Gasteiger partial charge in [0.15, 0.2) is 5.78 Å². The van der Waals surface area contributed by atoms with Crippen molar-refractivity contribution >= 4 is 23.1 Å². The number of anilines is 2. The van der Waals surface area contributed by atoms with E-state index in [9.17, 15) is 14.7 Å². The maximum atomic E-state index is 13.1. The number of fused-ring (bicyclic) bond motifs is 1. The second kappa shape index (κ2) is 6.27. The van der Waals surface area contributed by atoms with E-state index >= 15 is 0 Å². The van der Waals surface area contributed by atoms with Crippen molar-refractivity contribution in [3.8, 4) is 0 Å². The van der Waals surface area contributed by atoms with Gasteiger partial charge < -0.3 is 15.7 Å². The lowest BCUT2D eigenvalue weighted by atomic mass is 9.73. The van der Waals surface area contributed by atoms with Gasteiger partial charge in [0.05, 0.1) is 23.0 Å². The summed E-state index contributed by atoms with van der Waals surface area (Å²) in [5, 5.41) is 16.5. The number of carbonyl (C=O) groups excluding carboxylic acids is 1. The van der Waals surface area contributed by atoms with Gasteiger partial charge in [0.25, 0.3) is 0 Å². The summed E-state index contributed by atoms with van der Waals surface area (Å²) in [6.07, 6.45) is 1.17. The molecule has 0 radical (unpaired) electrons. The van der Waals surface area contributed by atoms with Crippen LogP contribution in [0.15, 0.2) is 59.8 Å². The number of Topliss-reactive ketones (excluding diaryl/α,β-unsaturated/α-hetero) is 1. The molecule has 138 valence electrons. The van der Waals surface area contributed by atoms with E-state index in [4.69, 9.17) is 0 Å². The van der Waals surface area contributed by atoms with Gasteiger partial charge in [0.2, 0.25) is 0 Å². The molecule has 1 heterocycles. The molecular formula is C22H22N2O3. The van der Waals surface area contributed by atoms with Gasteiger partial charge in [-0.25, -0.2) is 4.79 Å². The molecule has 1 aliphatic heterocycles. The first-order chi connectivity index (χ1) is 12.9. The van der Waals surface area contributed by atoms with Gasteiger partial charge in [-0.3, -0.25) is 4.79 Å². The van der Waals surface area contributed by atoms with Crippen LogP contribution in [0.3, 0.4) is 0 Å². The molecule has 27 heavy (non-hydrogen) atoms. The molecule has 2 aromatic rings. The predicted molar refractivity (Wildman–Crippen MR) is 105 cm³/mol. The van der Waals surface area contributed by atoms with Crippen LogP contribution < -0.4 is 10.6 Å². The first kappa shape index (κ1) is 17.3. The highest BCUT2D eigenvalue weighted by Gasteiger charge is 2.39. The second-order valence-corrected chi connectivity index (χ2v) is 7.97. The molecule has 0 fully saturated rings. The van der Waals surface area contributed by atoms with Crippen LogP contribution in [0.5, 0.6) is 0 Å². The van der Waals surface area contributed by atoms with Crippen molar-refractivity contribution in [3.05, 3.63) is 70.9 Å². The van der Waals surface area contributed by atoms with Crippen molar-refractivity contribution in [2.45, 2.75) is 32.7 Å². The molecule has 0 aromatic heterocycles. The molecular weight excluding hydrogens is 340 g/mol. The van der Waals surface area contributed by atoms with E-state index in [0.29, 0.717) is 17.6 Å². The molecule has 5 heteroatoms. The number of rotatable bonds is 2. The van der Waals surface area contributed by atoms with E-state index in [0.717, 1.165) is 23.5 Å². The van der Waals surface area contributed by atoms with Crippen LogP contribution in [0.2, 0.25) is 0 Å². The third-order valence-corrected chi connectivity index (χ3v) is 5.22. The maximum Gasteiger partial charge on any atom is 0.336 e. The average molecular weight is 362 g/mol. The predicted octanol–water partition coefficient (Wildman–Crippen LogP) is 4.61. The summed E-state index contributed by atoms with van der Waals surface area (Å²) in [5.74, 6) is -0.942. The topological polar surface area (TPSA) is 78.4 Å². The zero-order chi connectivity index (χ0) is 19.2. The summed E-state index contributed by atoms with van der Waals surface area (Å²) in [4.78, 5) is 24.9. The van der Waals surface area contributed by atoms with Gasteiger partial charge in [0, 0.05) is 17.7 Å². The van der Waals surface area contributed by atoms with Gasteiger partial charge in [-0.05, 0) is 35.6 Å². The van der Waals surface area contributed by atoms with Crippen LogP contribution in [-0.4, -0.2) is 16.9 Å². The van der Waals surface area contributed by atoms with Gasteiger partial charge in [-0.1, -0.05) is 44.2 Å². The summed E-state index contributed by atoms with van der Waals surface area (Å²) in [7, 11) is 0. The molecule has 2 aliphatic rings. The quantitative estimate of drug-likeness (QED) is 0.727. The summed E-state index contributed by atoms with van der Waals surface area (Å²) in [5.41, 5.74) is 3.92. The lowest BCUT2D eigenvalue weighted by Gasteiger charge is -2.34. The molecule has 2 aromatic carbocycles. The normalized spacial score (nSPS) is 20.7. The lowest BCUT2D eigenvalue weighted by Crippen LogP contribution is -2.32. The number of ketones is 1. The molecule has 3 N–H and O–H groups in total. The molecule has 0 bridgehead atoms. The van der Waals surface area contributed by atoms with E-state index in [2.05, 4.69) is 24.5 Å². The number of carboxylic acid groups (broad SMARTS) is 1. The Morgan fingerprint density at radius 3 is 2.44 bits per heavy atom. The van der Waals surface area contributed by atoms with Crippen LogP contribution in [-0.2, 0) is 4.79 Å². The number of carboxylic acids is 1. The van der Waals surface area contributed by atoms with Crippen molar-refractivity contribution in [1.29, 1.82) is 0 Å². The number of hydrogen-bond donors (Lipinski definition) is 3. The van der Waals surface area contributed by atoms with Crippen molar-refractivity contribution in [2.75, 3.05) is 10.6 Å².